The fourth-order valence-electron chi connectivity index (χ4n) is 5.52. The third-order valence-electron chi connectivity index (χ3n) is 8.48. The Morgan fingerprint density at radius 2 is 1.18 bits per heavy atom. The summed E-state index contributed by atoms with van der Waals surface area (Å²) in [6, 6.07) is 9.42. The molecule has 2 aromatic rings. The van der Waals surface area contributed by atoms with E-state index in [1.54, 1.807) is 0 Å². The first-order valence-corrected chi connectivity index (χ1v) is 15.6. The van der Waals surface area contributed by atoms with Crippen LogP contribution in [0.15, 0.2) is 24.3 Å². The molecule has 4 heterocycles. The average Bonchev–Trinajstić information content (AvgIpc) is 2.96. The van der Waals surface area contributed by atoms with E-state index in [-0.39, 0.29) is 0 Å². The summed E-state index contributed by atoms with van der Waals surface area (Å²) in [5.74, 6) is 2.22. The molecule has 2 aromatic heterocycles. The van der Waals surface area contributed by atoms with Crippen LogP contribution in [0.25, 0.3) is 0 Å². The number of hydrogen-bond donors (Lipinski definition) is 0. The van der Waals surface area contributed by atoms with E-state index >= 15 is 0 Å². The van der Waals surface area contributed by atoms with Gasteiger partial charge in [0.15, 0.2) is 0 Å². The smallest absolute Gasteiger partial charge is 0.0610 e. The van der Waals surface area contributed by atoms with Gasteiger partial charge in [0, 0.05) is 62.5 Å². The molecule has 0 bridgehead atoms. The third-order valence-corrected chi connectivity index (χ3v) is 8.48. The van der Waals surface area contributed by atoms with Crippen molar-refractivity contribution in [3.63, 3.8) is 0 Å². The maximum Gasteiger partial charge on any atom is 0.0610 e. The number of pyridine rings is 2. The van der Waals surface area contributed by atoms with Gasteiger partial charge in [-0.2, -0.15) is 0 Å². The van der Waals surface area contributed by atoms with Crippen molar-refractivity contribution >= 4 is 0 Å². The molecule has 2 saturated heterocycles. The lowest BCUT2D eigenvalue weighted by Gasteiger charge is -2.29. The molecule has 0 radical (unpaired) electrons. The SMILES string of the molecule is CC(C)c1ccc(C2CCOCC2)c(CCN(C)C)n1.CC(C)c1ccc(C2CCOCC2)c([C@@H](C)N(C)C)n1. The van der Waals surface area contributed by atoms with E-state index < -0.39 is 0 Å². The first-order valence-electron chi connectivity index (χ1n) is 15.6. The standard InChI is InChI=1S/2C17H28N2O/c1-12(2)16-7-6-15(14-8-10-20-11-9-14)17(18-16)13(3)19(4)5;1-13(2)16-6-5-15(14-8-11-20-12-9-14)17(18-16)7-10-19(3)4/h6-7,12-14H,8-11H2,1-5H3;5-6,13-14H,7-12H2,1-4H3/t13-;/m1./s1. The minimum atomic E-state index is 0.353. The van der Waals surface area contributed by atoms with Gasteiger partial charge >= 0.3 is 0 Å². The Morgan fingerprint density at radius 1 is 0.700 bits per heavy atom. The maximum absolute atomic E-state index is 5.50. The molecule has 4 rings (SSSR count). The van der Waals surface area contributed by atoms with Crippen molar-refractivity contribution in [2.24, 2.45) is 0 Å². The molecule has 0 aliphatic carbocycles. The molecule has 0 N–H and O–H groups in total. The van der Waals surface area contributed by atoms with E-state index in [2.05, 4.69) is 96.9 Å². The van der Waals surface area contributed by atoms with E-state index in [0.717, 1.165) is 65.1 Å². The van der Waals surface area contributed by atoms with Crippen LogP contribution < -0.4 is 0 Å². The molecular formula is C34H56N4O2. The van der Waals surface area contributed by atoms with Gasteiger partial charge in [0.25, 0.3) is 0 Å². The molecule has 6 nitrogen and oxygen atoms in total. The summed E-state index contributed by atoms with van der Waals surface area (Å²) in [6.07, 6.45) is 5.56. The average molecular weight is 553 g/mol. The van der Waals surface area contributed by atoms with Crippen molar-refractivity contribution in [3.05, 3.63) is 58.2 Å². The van der Waals surface area contributed by atoms with Gasteiger partial charge in [0.05, 0.1) is 5.69 Å². The van der Waals surface area contributed by atoms with Crippen LogP contribution >= 0.6 is 0 Å². The van der Waals surface area contributed by atoms with Crippen LogP contribution in [0.5, 0.6) is 0 Å². The van der Waals surface area contributed by atoms with Crippen LogP contribution in [-0.2, 0) is 15.9 Å². The summed E-state index contributed by atoms with van der Waals surface area (Å²) in [7, 11) is 8.51. The highest BCUT2D eigenvalue weighted by Crippen LogP contribution is 2.34. The first-order chi connectivity index (χ1) is 19.1. The van der Waals surface area contributed by atoms with Gasteiger partial charge in [-0.15, -0.1) is 0 Å². The molecule has 2 aliphatic heterocycles. The maximum atomic E-state index is 5.50. The van der Waals surface area contributed by atoms with Gasteiger partial charge < -0.3 is 19.3 Å². The van der Waals surface area contributed by atoms with Crippen LogP contribution in [0.1, 0.15) is 124 Å². The van der Waals surface area contributed by atoms with Gasteiger partial charge in [-0.3, -0.25) is 9.97 Å². The van der Waals surface area contributed by atoms with Crippen LogP contribution in [0.4, 0.5) is 0 Å². The van der Waals surface area contributed by atoms with Crippen molar-refractivity contribution in [1.82, 2.24) is 19.8 Å². The van der Waals surface area contributed by atoms with E-state index in [9.17, 15) is 0 Å². The summed E-state index contributed by atoms with van der Waals surface area (Å²) in [5, 5.41) is 0. The number of hydrogen-bond acceptors (Lipinski definition) is 6. The summed E-state index contributed by atoms with van der Waals surface area (Å²) >= 11 is 0. The Balaban J connectivity index is 0.000000220. The Bertz CT molecular complexity index is 1020. The van der Waals surface area contributed by atoms with E-state index in [0.29, 0.717) is 29.7 Å². The van der Waals surface area contributed by atoms with E-state index in [1.807, 2.05) is 0 Å². The van der Waals surface area contributed by atoms with Crippen LogP contribution in [0, 0.1) is 0 Å². The number of rotatable bonds is 9. The molecule has 1 atom stereocenters. The molecule has 0 aromatic carbocycles. The third kappa shape index (κ3) is 9.34. The molecule has 6 heteroatoms. The Labute approximate surface area is 244 Å². The molecule has 0 saturated carbocycles. The van der Waals surface area contributed by atoms with Gasteiger partial charge in [0.2, 0.25) is 0 Å². The second-order valence-corrected chi connectivity index (χ2v) is 12.8. The molecule has 0 unspecified atom stereocenters. The van der Waals surface area contributed by atoms with Crippen molar-refractivity contribution in [2.75, 3.05) is 61.2 Å². The van der Waals surface area contributed by atoms with Gasteiger partial charge in [-0.25, -0.2) is 0 Å². The highest BCUT2D eigenvalue weighted by atomic mass is 16.5. The summed E-state index contributed by atoms with van der Waals surface area (Å²) < 4.78 is 11.0. The van der Waals surface area contributed by atoms with Crippen LogP contribution in [-0.4, -0.2) is 80.9 Å². The van der Waals surface area contributed by atoms with Crippen molar-refractivity contribution in [2.45, 2.75) is 96.4 Å². The van der Waals surface area contributed by atoms with E-state index in [1.165, 1.54) is 33.9 Å². The van der Waals surface area contributed by atoms with Gasteiger partial charge in [-0.1, -0.05) is 39.8 Å². The first kappa shape index (κ1) is 32.7. The highest BCUT2D eigenvalue weighted by Gasteiger charge is 2.24. The zero-order chi connectivity index (χ0) is 29.2. The number of nitrogens with zero attached hydrogens (tertiary/aromatic N) is 4. The summed E-state index contributed by atoms with van der Waals surface area (Å²) in [4.78, 5) is 14.4. The van der Waals surface area contributed by atoms with Crippen molar-refractivity contribution < 1.29 is 9.47 Å². The molecule has 2 fully saturated rings. The molecule has 224 valence electrons. The zero-order valence-electron chi connectivity index (χ0n) is 26.9. The number of likely N-dealkylation sites (N-methyl/N-ethyl adjacent to an activating group) is 1. The van der Waals surface area contributed by atoms with Crippen LogP contribution in [0.2, 0.25) is 0 Å². The fourth-order valence-corrected chi connectivity index (χ4v) is 5.52. The van der Waals surface area contributed by atoms with E-state index in [4.69, 9.17) is 19.4 Å². The minimum absolute atomic E-state index is 0.353. The highest BCUT2D eigenvalue weighted by molar-refractivity contribution is 5.31. The normalized spacial score (nSPS) is 17.9. The monoisotopic (exact) mass is 552 g/mol. The second-order valence-electron chi connectivity index (χ2n) is 12.8. The fraction of sp³-hybridized carbons (Fsp3) is 0.706. The second kappa shape index (κ2) is 16.0. The zero-order valence-corrected chi connectivity index (χ0v) is 26.9. The largest absolute Gasteiger partial charge is 0.381 e. The summed E-state index contributed by atoms with van der Waals surface area (Å²) in [5.41, 5.74) is 7.86. The lowest BCUT2D eigenvalue weighted by atomic mass is 9.88. The quantitative estimate of drug-likeness (QED) is 0.336. The van der Waals surface area contributed by atoms with Crippen molar-refractivity contribution in [1.29, 1.82) is 0 Å². The van der Waals surface area contributed by atoms with Gasteiger partial charge in [0.1, 0.15) is 0 Å². The van der Waals surface area contributed by atoms with Crippen molar-refractivity contribution in [3.8, 4) is 0 Å². The number of aromatic nitrogens is 2. The topological polar surface area (TPSA) is 50.7 Å². The molecule has 40 heavy (non-hydrogen) atoms. The Kier molecular flexibility index (Phi) is 13.0. The molecule has 0 spiro atoms. The summed E-state index contributed by atoms with van der Waals surface area (Å²) in [6.45, 7) is 15.7. The van der Waals surface area contributed by atoms with Gasteiger partial charge in [-0.05, 0) is 108 Å². The molecule has 0 amide bonds. The van der Waals surface area contributed by atoms with Crippen LogP contribution in [0.3, 0.4) is 0 Å². The predicted octanol–water partition coefficient (Wildman–Crippen LogP) is 6.92. The predicted molar refractivity (Wildman–Crippen MR) is 167 cm³/mol. The molecule has 2 aliphatic rings. The Morgan fingerprint density at radius 3 is 1.65 bits per heavy atom. The lowest BCUT2D eigenvalue weighted by molar-refractivity contribution is 0.0847. The molecular weight excluding hydrogens is 496 g/mol. The Hall–Kier alpha value is -1.86. The lowest BCUT2D eigenvalue weighted by Crippen LogP contribution is -2.23. The minimum Gasteiger partial charge on any atom is -0.381 e. The number of ether oxygens (including phenoxy) is 2.